The topological polar surface area (TPSA) is 58.6 Å². The number of nitrogens with zero attached hydrogens (tertiary/aromatic N) is 1. The van der Waals surface area contributed by atoms with Gasteiger partial charge in [0, 0.05) is 18.1 Å². The summed E-state index contributed by atoms with van der Waals surface area (Å²) in [5, 5.41) is 3.45. The SMILES string of the molecule is CCCNC(=O)C(C)N(Cc1cccc(C)c1)C(=O)COc1ccc(Cl)cc1. The normalized spacial score (nSPS) is 11.6. The molecule has 1 N–H and O–H groups in total. The van der Waals surface area contributed by atoms with E-state index in [1.165, 1.54) is 0 Å². The molecule has 28 heavy (non-hydrogen) atoms. The molecule has 2 rings (SSSR count). The average Bonchev–Trinajstić information content (AvgIpc) is 2.69. The first-order chi connectivity index (χ1) is 13.4. The number of ether oxygens (including phenoxy) is 1. The molecule has 2 aromatic carbocycles. The third-order valence-electron chi connectivity index (χ3n) is 4.33. The number of hydrogen-bond donors (Lipinski definition) is 1. The summed E-state index contributed by atoms with van der Waals surface area (Å²) in [6.45, 7) is 6.49. The monoisotopic (exact) mass is 402 g/mol. The van der Waals surface area contributed by atoms with Crippen molar-refractivity contribution in [2.75, 3.05) is 13.2 Å². The highest BCUT2D eigenvalue weighted by atomic mass is 35.5. The molecule has 5 nitrogen and oxygen atoms in total. The molecule has 0 aliphatic carbocycles. The van der Waals surface area contributed by atoms with Crippen LogP contribution < -0.4 is 10.1 Å². The number of rotatable bonds is 9. The van der Waals surface area contributed by atoms with Crippen molar-refractivity contribution >= 4 is 23.4 Å². The molecule has 0 fully saturated rings. The van der Waals surface area contributed by atoms with Crippen molar-refractivity contribution in [2.24, 2.45) is 0 Å². The third kappa shape index (κ3) is 6.57. The zero-order valence-electron chi connectivity index (χ0n) is 16.6. The summed E-state index contributed by atoms with van der Waals surface area (Å²) >= 11 is 5.87. The fourth-order valence-electron chi connectivity index (χ4n) is 2.74. The summed E-state index contributed by atoms with van der Waals surface area (Å²) in [5.74, 6) is 0.126. The Morgan fingerprint density at radius 2 is 1.89 bits per heavy atom. The molecular formula is C22H27ClN2O3. The summed E-state index contributed by atoms with van der Waals surface area (Å²) in [4.78, 5) is 26.9. The van der Waals surface area contributed by atoms with E-state index in [9.17, 15) is 9.59 Å². The Morgan fingerprint density at radius 3 is 2.54 bits per heavy atom. The van der Waals surface area contributed by atoms with Crippen LogP contribution in [-0.4, -0.2) is 35.9 Å². The average molecular weight is 403 g/mol. The van der Waals surface area contributed by atoms with Gasteiger partial charge in [0.25, 0.3) is 5.91 Å². The van der Waals surface area contributed by atoms with Crippen LogP contribution >= 0.6 is 11.6 Å². The van der Waals surface area contributed by atoms with Crippen molar-refractivity contribution in [1.29, 1.82) is 0 Å². The van der Waals surface area contributed by atoms with Crippen LogP contribution in [0.3, 0.4) is 0 Å². The first-order valence-corrected chi connectivity index (χ1v) is 9.79. The highest BCUT2D eigenvalue weighted by molar-refractivity contribution is 6.30. The van der Waals surface area contributed by atoms with E-state index in [0.29, 0.717) is 23.9 Å². The van der Waals surface area contributed by atoms with Gasteiger partial charge in [-0.1, -0.05) is 48.4 Å². The van der Waals surface area contributed by atoms with Crippen LogP contribution in [0.2, 0.25) is 5.02 Å². The van der Waals surface area contributed by atoms with E-state index in [1.54, 1.807) is 36.1 Å². The van der Waals surface area contributed by atoms with E-state index in [4.69, 9.17) is 16.3 Å². The quantitative estimate of drug-likeness (QED) is 0.690. The van der Waals surface area contributed by atoms with Gasteiger partial charge in [-0.15, -0.1) is 0 Å². The molecule has 2 amide bonds. The first-order valence-electron chi connectivity index (χ1n) is 9.41. The molecule has 0 heterocycles. The molecule has 0 spiro atoms. The van der Waals surface area contributed by atoms with Crippen LogP contribution in [0.25, 0.3) is 0 Å². The molecule has 0 bridgehead atoms. The van der Waals surface area contributed by atoms with E-state index in [1.807, 2.05) is 38.1 Å². The number of halogens is 1. The highest BCUT2D eigenvalue weighted by Crippen LogP contribution is 2.16. The second-order valence-electron chi connectivity index (χ2n) is 6.72. The van der Waals surface area contributed by atoms with Gasteiger partial charge in [0.2, 0.25) is 5.91 Å². The summed E-state index contributed by atoms with van der Waals surface area (Å²) in [6.07, 6.45) is 0.837. The molecule has 1 atom stereocenters. The van der Waals surface area contributed by atoms with Gasteiger partial charge in [-0.25, -0.2) is 0 Å². The standard InChI is InChI=1S/C22H27ClN2O3/c1-4-12-24-22(27)17(3)25(14-18-7-5-6-16(2)13-18)21(26)15-28-20-10-8-19(23)9-11-20/h5-11,13,17H,4,12,14-15H2,1-3H3,(H,24,27). The van der Waals surface area contributed by atoms with Crippen LogP contribution in [0, 0.1) is 6.92 Å². The van der Waals surface area contributed by atoms with E-state index >= 15 is 0 Å². The number of aryl methyl sites for hydroxylation is 1. The fourth-order valence-corrected chi connectivity index (χ4v) is 2.87. The minimum absolute atomic E-state index is 0.154. The lowest BCUT2D eigenvalue weighted by molar-refractivity contribution is -0.142. The second kappa shape index (κ2) is 10.7. The van der Waals surface area contributed by atoms with Gasteiger partial charge in [-0.05, 0) is 50.1 Å². The summed E-state index contributed by atoms with van der Waals surface area (Å²) < 4.78 is 5.59. The van der Waals surface area contributed by atoms with Gasteiger partial charge < -0.3 is 15.0 Å². The lowest BCUT2D eigenvalue weighted by Gasteiger charge is -2.28. The molecule has 1 unspecified atom stereocenters. The lowest BCUT2D eigenvalue weighted by Crippen LogP contribution is -2.49. The Hall–Kier alpha value is -2.53. The smallest absolute Gasteiger partial charge is 0.261 e. The Labute approximate surface area is 171 Å². The van der Waals surface area contributed by atoms with Crippen molar-refractivity contribution in [1.82, 2.24) is 10.2 Å². The molecule has 0 saturated heterocycles. The van der Waals surface area contributed by atoms with Gasteiger partial charge in [-0.2, -0.15) is 0 Å². The molecule has 0 saturated carbocycles. The van der Waals surface area contributed by atoms with E-state index in [-0.39, 0.29) is 18.4 Å². The number of benzene rings is 2. The third-order valence-corrected chi connectivity index (χ3v) is 4.58. The zero-order valence-corrected chi connectivity index (χ0v) is 17.3. The van der Waals surface area contributed by atoms with Crippen LogP contribution in [0.4, 0.5) is 0 Å². The maximum Gasteiger partial charge on any atom is 0.261 e. The van der Waals surface area contributed by atoms with Crippen molar-refractivity contribution in [3.63, 3.8) is 0 Å². The fraction of sp³-hybridized carbons (Fsp3) is 0.364. The molecule has 0 aliphatic heterocycles. The molecule has 2 aromatic rings. The largest absolute Gasteiger partial charge is 0.484 e. The first kappa shape index (κ1) is 21.8. The minimum Gasteiger partial charge on any atom is -0.484 e. The maximum atomic E-state index is 12.9. The van der Waals surface area contributed by atoms with E-state index < -0.39 is 6.04 Å². The molecule has 0 aliphatic rings. The number of carbonyl (C=O) groups excluding carboxylic acids is 2. The molecule has 0 radical (unpaired) electrons. The van der Waals surface area contributed by atoms with Gasteiger partial charge in [-0.3, -0.25) is 9.59 Å². The van der Waals surface area contributed by atoms with Crippen molar-refractivity contribution in [2.45, 2.75) is 39.8 Å². The number of amides is 2. The lowest BCUT2D eigenvalue weighted by atomic mass is 10.1. The molecule has 150 valence electrons. The second-order valence-corrected chi connectivity index (χ2v) is 7.16. The van der Waals surface area contributed by atoms with Crippen LogP contribution in [0.15, 0.2) is 48.5 Å². The predicted molar refractivity (Wildman–Crippen MR) is 111 cm³/mol. The Balaban J connectivity index is 2.12. The van der Waals surface area contributed by atoms with Crippen molar-refractivity contribution in [3.8, 4) is 5.75 Å². The Bertz CT molecular complexity index is 793. The molecule has 0 aromatic heterocycles. The molecular weight excluding hydrogens is 376 g/mol. The van der Waals surface area contributed by atoms with Gasteiger partial charge >= 0.3 is 0 Å². The predicted octanol–water partition coefficient (Wildman–Crippen LogP) is 3.97. The van der Waals surface area contributed by atoms with E-state index in [2.05, 4.69) is 5.32 Å². The zero-order chi connectivity index (χ0) is 20.5. The molecule has 6 heteroatoms. The summed E-state index contributed by atoms with van der Waals surface area (Å²) in [5.41, 5.74) is 2.07. The van der Waals surface area contributed by atoms with Crippen molar-refractivity contribution in [3.05, 3.63) is 64.7 Å². The van der Waals surface area contributed by atoms with Gasteiger partial charge in [0.1, 0.15) is 11.8 Å². The van der Waals surface area contributed by atoms with Crippen LogP contribution in [0.5, 0.6) is 5.75 Å². The minimum atomic E-state index is -0.603. The Kier molecular flexibility index (Phi) is 8.33. The number of carbonyl (C=O) groups is 2. The Morgan fingerprint density at radius 1 is 1.18 bits per heavy atom. The van der Waals surface area contributed by atoms with Gasteiger partial charge in [0.05, 0.1) is 0 Å². The van der Waals surface area contributed by atoms with Crippen LogP contribution in [-0.2, 0) is 16.1 Å². The number of hydrogen-bond acceptors (Lipinski definition) is 3. The number of nitrogens with one attached hydrogen (secondary N) is 1. The summed E-state index contributed by atoms with van der Waals surface area (Å²) in [7, 11) is 0. The van der Waals surface area contributed by atoms with Crippen LogP contribution in [0.1, 0.15) is 31.4 Å². The maximum absolute atomic E-state index is 12.9. The highest BCUT2D eigenvalue weighted by Gasteiger charge is 2.26. The van der Waals surface area contributed by atoms with Crippen molar-refractivity contribution < 1.29 is 14.3 Å². The van der Waals surface area contributed by atoms with Gasteiger partial charge in [0.15, 0.2) is 6.61 Å². The van der Waals surface area contributed by atoms with E-state index in [0.717, 1.165) is 17.5 Å². The summed E-state index contributed by atoms with van der Waals surface area (Å²) in [6, 6.07) is 14.1.